The molecule has 0 atom stereocenters. The molecule has 0 bridgehead atoms. The van der Waals surface area contributed by atoms with Gasteiger partial charge in [-0.05, 0) is 102 Å². The maximum atomic E-state index is 2.47. The van der Waals surface area contributed by atoms with Gasteiger partial charge in [-0.25, -0.2) is 0 Å². The summed E-state index contributed by atoms with van der Waals surface area (Å²) in [5, 5.41) is 10.0. The van der Waals surface area contributed by atoms with E-state index < -0.39 is 0 Å². The second-order valence-electron chi connectivity index (χ2n) is 16.9. The van der Waals surface area contributed by atoms with Gasteiger partial charge in [0.1, 0.15) is 0 Å². The molecule has 0 saturated heterocycles. The highest BCUT2D eigenvalue weighted by Gasteiger charge is 2.23. The molecule has 0 saturated carbocycles. The summed E-state index contributed by atoms with van der Waals surface area (Å²) in [6.45, 7) is 0. The number of aromatic nitrogens is 4. The van der Waals surface area contributed by atoms with Crippen LogP contribution in [0.5, 0.6) is 0 Å². The molecule has 0 aliphatic carbocycles. The SMILES string of the molecule is c1ccc(-n2c3ccccc3c3c2ccc2c4cc(-c5ccc(-n6c7ccccc7c7c6ccc6c8ccccc8n(-c8ccccc8)c67)cc5)ccc4n(-c4ccccc4)c23)cc1. The van der Waals surface area contributed by atoms with Crippen molar-refractivity contribution in [3.05, 3.63) is 231 Å². The Labute approximate surface area is 368 Å². The Morgan fingerprint density at radius 2 is 0.562 bits per heavy atom. The van der Waals surface area contributed by atoms with Gasteiger partial charge in [0, 0.05) is 65.8 Å². The first-order valence-corrected chi connectivity index (χ1v) is 22.0. The van der Waals surface area contributed by atoms with Gasteiger partial charge in [-0.1, -0.05) is 140 Å². The van der Waals surface area contributed by atoms with Crippen LogP contribution in [0.15, 0.2) is 231 Å². The summed E-state index contributed by atoms with van der Waals surface area (Å²) in [5.41, 5.74) is 16.6. The zero-order valence-electron chi connectivity index (χ0n) is 34.7. The van der Waals surface area contributed by atoms with Crippen LogP contribution in [0.25, 0.3) is 121 Å². The smallest absolute Gasteiger partial charge is 0.0641 e. The Kier molecular flexibility index (Phi) is 7.36. The Bertz CT molecular complexity index is 4150. The molecule has 14 rings (SSSR count). The van der Waals surface area contributed by atoms with Crippen LogP contribution in [0.2, 0.25) is 0 Å². The number of hydrogen-bond donors (Lipinski definition) is 0. The fourth-order valence-corrected chi connectivity index (χ4v) is 10.9. The van der Waals surface area contributed by atoms with Crippen LogP contribution < -0.4 is 0 Å². The van der Waals surface area contributed by atoms with Gasteiger partial charge in [0.15, 0.2) is 0 Å². The molecular formula is C60H38N4. The molecule has 14 aromatic rings. The van der Waals surface area contributed by atoms with Crippen molar-refractivity contribution in [2.24, 2.45) is 0 Å². The molecule has 0 aliphatic heterocycles. The Balaban J connectivity index is 0.964. The van der Waals surface area contributed by atoms with Gasteiger partial charge in [0.05, 0.1) is 44.1 Å². The number of fused-ring (bicyclic) bond motifs is 14. The Morgan fingerprint density at radius 3 is 1.08 bits per heavy atom. The maximum absolute atomic E-state index is 2.47. The molecule has 0 amide bonds. The topological polar surface area (TPSA) is 19.7 Å². The minimum Gasteiger partial charge on any atom is -0.309 e. The maximum Gasteiger partial charge on any atom is 0.0641 e. The van der Waals surface area contributed by atoms with E-state index in [1.165, 1.54) is 98.4 Å². The average molecular weight is 815 g/mol. The summed E-state index contributed by atoms with van der Waals surface area (Å²) < 4.78 is 9.77. The van der Waals surface area contributed by atoms with E-state index in [1.54, 1.807) is 0 Å². The number of benzene rings is 10. The van der Waals surface area contributed by atoms with Crippen LogP contribution in [0.1, 0.15) is 0 Å². The molecule has 0 radical (unpaired) electrons. The zero-order chi connectivity index (χ0) is 41.9. The van der Waals surface area contributed by atoms with Crippen LogP contribution >= 0.6 is 0 Å². The highest BCUT2D eigenvalue weighted by Crippen LogP contribution is 2.45. The highest BCUT2D eigenvalue weighted by molar-refractivity contribution is 6.27. The van der Waals surface area contributed by atoms with Crippen molar-refractivity contribution < 1.29 is 0 Å². The number of para-hydroxylation sites is 6. The van der Waals surface area contributed by atoms with E-state index >= 15 is 0 Å². The summed E-state index contributed by atoms with van der Waals surface area (Å²) in [4.78, 5) is 0. The molecule has 0 aliphatic rings. The zero-order valence-corrected chi connectivity index (χ0v) is 34.7. The van der Waals surface area contributed by atoms with Crippen LogP contribution in [0, 0.1) is 0 Å². The summed E-state index contributed by atoms with van der Waals surface area (Å²) in [7, 11) is 0. The van der Waals surface area contributed by atoms with E-state index in [-0.39, 0.29) is 0 Å². The van der Waals surface area contributed by atoms with Crippen molar-refractivity contribution in [2.45, 2.75) is 0 Å². The molecule has 4 heterocycles. The third-order valence-corrected chi connectivity index (χ3v) is 13.5. The largest absolute Gasteiger partial charge is 0.309 e. The minimum absolute atomic E-state index is 1.13. The second kappa shape index (κ2) is 13.4. The monoisotopic (exact) mass is 814 g/mol. The first-order valence-electron chi connectivity index (χ1n) is 22.0. The average Bonchev–Trinajstić information content (AvgIpc) is 4.09. The van der Waals surface area contributed by atoms with E-state index in [9.17, 15) is 0 Å². The molecule has 64 heavy (non-hydrogen) atoms. The second-order valence-corrected chi connectivity index (χ2v) is 16.9. The first kappa shape index (κ1) is 35.0. The lowest BCUT2D eigenvalue weighted by atomic mass is 10.0. The van der Waals surface area contributed by atoms with E-state index in [1.807, 2.05) is 0 Å². The fraction of sp³-hybridized carbons (Fsp3) is 0. The summed E-state index contributed by atoms with van der Waals surface area (Å²) in [6, 6.07) is 84.3. The van der Waals surface area contributed by atoms with E-state index in [4.69, 9.17) is 0 Å². The van der Waals surface area contributed by atoms with Gasteiger partial charge >= 0.3 is 0 Å². The molecule has 0 spiro atoms. The molecule has 4 heteroatoms. The molecular weight excluding hydrogens is 777 g/mol. The highest BCUT2D eigenvalue weighted by atomic mass is 15.0. The van der Waals surface area contributed by atoms with Crippen molar-refractivity contribution in [2.75, 3.05) is 0 Å². The van der Waals surface area contributed by atoms with E-state index in [0.29, 0.717) is 0 Å². The van der Waals surface area contributed by atoms with Crippen molar-refractivity contribution >= 4 is 87.2 Å². The third kappa shape index (κ3) is 4.88. The first-order chi connectivity index (χ1) is 31.8. The number of hydrogen-bond acceptors (Lipinski definition) is 0. The van der Waals surface area contributed by atoms with Crippen molar-refractivity contribution in [1.82, 2.24) is 18.3 Å². The predicted octanol–water partition coefficient (Wildman–Crippen LogP) is 15.7. The van der Waals surface area contributed by atoms with Crippen LogP contribution in [0.3, 0.4) is 0 Å². The quantitative estimate of drug-likeness (QED) is 0.165. The van der Waals surface area contributed by atoms with Crippen molar-refractivity contribution in [1.29, 1.82) is 0 Å². The van der Waals surface area contributed by atoms with Gasteiger partial charge in [0.25, 0.3) is 0 Å². The molecule has 4 aromatic heterocycles. The van der Waals surface area contributed by atoms with Crippen molar-refractivity contribution in [3.63, 3.8) is 0 Å². The fourth-order valence-electron chi connectivity index (χ4n) is 10.9. The Morgan fingerprint density at radius 1 is 0.203 bits per heavy atom. The lowest BCUT2D eigenvalue weighted by molar-refractivity contribution is 1.17. The molecule has 0 fully saturated rings. The lowest BCUT2D eigenvalue weighted by Crippen LogP contribution is -1.95. The van der Waals surface area contributed by atoms with Crippen LogP contribution in [0.4, 0.5) is 0 Å². The van der Waals surface area contributed by atoms with Gasteiger partial charge in [-0.15, -0.1) is 0 Å². The summed E-state index contributed by atoms with van der Waals surface area (Å²) in [6.07, 6.45) is 0. The number of nitrogens with zero attached hydrogens (tertiary/aromatic N) is 4. The van der Waals surface area contributed by atoms with Crippen LogP contribution in [-0.2, 0) is 0 Å². The van der Waals surface area contributed by atoms with Gasteiger partial charge in [0.2, 0.25) is 0 Å². The number of rotatable bonds is 5. The molecule has 0 unspecified atom stereocenters. The minimum atomic E-state index is 1.13. The van der Waals surface area contributed by atoms with E-state index in [2.05, 4.69) is 249 Å². The predicted molar refractivity (Wildman–Crippen MR) is 269 cm³/mol. The van der Waals surface area contributed by atoms with Gasteiger partial charge in [-0.2, -0.15) is 0 Å². The van der Waals surface area contributed by atoms with Crippen molar-refractivity contribution in [3.8, 4) is 33.9 Å². The molecule has 298 valence electrons. The Hall–Kier alpha value is -8.60. The molecule has 10 aromatic carbocycles. The van der Waals surface area contributed by atoms with E-state index in [0.717, 1.165) is 22.7 Å². The third-order valence-electron chi connectivity index (χ3n) is 13.5. The lowest BCUT2D eigenvalue weighted by Gasteiger charge is -2.11. The van der Waals surface area contributed by atoms with Crippen LogP contribution in [-0.4, -0.2) is 18.3 Å². The van der Waals surface area contributed by atoms with Gasteiger partial charge in [-0.3, -0.25) is 0 Å². The molecule has 4 nitrogen and oxygen atoms in total. The molecule has 0 N–H and O–H groups in total. The normalized spacial score (nSPS) is 12.1. The summed E-state index contributed by atoms with van der Waals surface area (Å²) in [5.74, 6) is 0. The summed E-state index contributed by atoms with van der Waals surface area (Å²) >= 11 is 0. The standard InChI is InChI=1S/C60H38N4/c1-4-16-41(17-5-1)61-52-26-14-11-23-48(52)58-55(61)37-34-47-50-38-40(30-35-54(50)64(60(47)58)43-20-8-3-9-21-43)39-28-31-44(32-29-39)62-53-27-15-12-24-49(53)57-56(62)36-33-46-45-22-10-13-25-51(45)63(59(46)57)42-18-6-2-7-19-42/h1-38H. The van der Waals surface area contributed by atoms with Gasteiger partial charge < -0.3 is 18.3 Å².